The molecule has 3 rings (SSSR count). The number of imidazole rings is 1. The predicted octanol–water partition coefficient (Wildman–Crippen LogP) is 2.74. The molecule has 5 nitrogen and oxygen atoms in total. The van der Waals surface area contributed by atoms with Gasteiger partial charge in [-0.15, -0.1) is 0 Å². The number of rotatable bonds is 6. The van der Waals surface area contributed by atoms with Crippen LogP contribution in [0.5, 0.6) is 0 Å². The Bertz CT molecular complexity index is 521. The van der Waals surface area contributed by atoms with Crippen LogP contribution in [0, 0.1) is 12.8 Å². The third-order valence-electron chi connectivity index (χ3n) is 5.62. The number of aryl methyl sites for hydroxylation is 2. The van der Waals surface area contributed by atoms with E-state index in [9.17, 15) is 4.79 Å². The van der Waals surface area contributed by atoms with Crippen molar-refractivity contribution in [1.29, 1.82) is 0 Å². The van der Waals surface area contributed by atoms with Gasteiger partial charge in [0.05, 0.1) is 5.92 Å². The second-order valence-corrected chi connectivity index (χ2v) is 7.50. The van der Waals surface area contributed by atoms with Gasteiger partial charge >= 0.3 is 0 Å². The lowest BCUT2D eigenvalue weighted by Crippen LogP contribution is -2.46. The highest BCUT2D eigenvalue weighted by atomic mass is 16.2. The van der Waals surface area contributed by atoms with Crippen LogP contribution < -0.4 is 5.32 Å². The zero-order chi connectivity index (χ0) is 16.8. The van der Waals surface area contributed by atoms with E-state index in [2.05, 4.69) is 19.8 Å². The summed E-state index contributed by atoms with van der Waals surface area (Å²) >= 11 is 0. The fraction of sp³-hybridized carbons (Fsp3) is 0.789. The first-order valence-corrected chi connectivity index (χ1v) is 9.73. The summed E-state index contributed by atoms with van der Waals surface area (Å²) in [7, 11) is 0. The monoisotopic (exact) mass is 332 g/mol. The van der Waals surface area contributed by atoms with Crippen LogP contribution in [0.25, 0.3) is 0 Å². The van der Waals surface area contributed by atoms with E-state index in [4.69, 9.17) is 0 Å². The molecule has 1 N–H and O–H groups in total. The second kappa shape index (κ2) is 8.65. The van der Waals surface area contributed by atoms with Crippen LogP contribution in [0.2, 0.25) is 0 Å². The van der Waals surface area contributed by atoms with Crippen molar-refractivity contribution in [1.82, 2.24) is 19.8 Å². The Morgan fingerprint density at radius 3 is 2.79 bits per heavy atom. The quantitative estimate of drug-likeness (QED) is 0.871. The molecule has 1 saturated heterocycles. The van der Waals surface area contributed by atoms with Gasteiger partial charge in [-0.3, -0.25) is 4.79 Å². The third-order valence-corrected chi connectivity index (χ3v) is 5.62. The molecule has 5 heteroatoms. The zero-order valence-electron chi connectivity index (χ0n) is 15.0. The van der Waals surface area contributed by atoms with E-state index in [1.54, 1.807) is 0 Å². The number of nitrogens with zero attached hydrogens (tertiary/aromatic N) is 3. The number of aromatic nitrogens is 2. The summed E-state index contributed by atoms with van der Waals surface area (Å²) in [6, 6.07) is 0.436. The Kier molecular flexibility index (Phi) is 6.30. The Labute approximate surface area is 145 Å². The average Bonchev–Trinajstić information content (AvgIpc) is 3.01. The topological polar surface area (TPSA) is 50.2 Å². The molecule has 1 amide bonds. The Morgan fingerprint density at radius 2 is 2.04 bits per heavy atom. The predicted molar refractivity (Wildman–Crippen MR) is 95.8 cm³/mol. The molecule has 134 valence electrons. The number of nitrogens with one attached hydrogen (secondary N) is 1. The smallest absolute Gasteiger partial charge is 0.224 e. The fourth-order valence-corrected chi connectivity index (χ4v) is 4.14. The number of piperidine rings is 1. The van der Waals surface area contributed by atoms with Crippen molar-refractivity contribution in [2.75, 3.05) is 19.6 Å². The van der Waals surface area contributed by atoms with Crippen molar-refractivity contribution in [2.45, 2.75) is 70.9 Å². The molecule has 2 fully saturated rings. The zero-order valence-corrected chi connectivity index (χ0v) is 15.0. The standard InChI is InChI=1S/C19H32N4O/c1-16-20-10-14-23(16)13-6-12-22-11-5-7-17(15-22)19(24)21-18-8-3-2-4-9-18/h10,14,17-18H,2-9,11-13,15H2,1H3,(H,21,24)/t17-/m1/s1. The summed E-state index contributed by atoms with van der Waals surface area (Å²) in [5.74, 6) is 1.58. The summed E-state index contributed by atoms with van der Waals surface area (Å²) in [5.41, 5.74) is 0. The van der Waals surface area contributed by atoms with Gasteiger partial charge in [0.1, 0.15) is 5.82 Å². The highest BCUT2D eigenvalue weighted by Gasteiger charge is 2.27. The lowest BCUT2D eigenvalue weighted by Gasteiger charge is -2.33. The molecule has 2 heterocycles. The maximum absolute atomic E-state index is 12.6. The van der Waals surface area contributed by atoms with Crippen LogP contribution in [0.1, 0.15) is 57.2 Å². The number of hydrogen-bond donors (Lipinski definition) is 1. The van der Waals surface area contributed by atoms with Gasteiger partial charge in [-0.1, -0.05) is 19.3 Å². The molecular formula is C19H32N4O. The van der Waals surface area contributed by atoms with Crippen LogP contribution in [-0.4, -0.2) is 46.0 Å². The minimum absolute atomic E-state index is 0.190. The van der Waals surface area contributed by atoms with Crippen molar-refractivity contribution in [3.8, 4) is 0 Å². The van der Waals surface area contributed by atoms with Gasteiger partial charge in [-0.2, -0.15) is 0 Å². The molecule has 0 radical (unpaired) electrons. The number of amides is 1. The molecule has 1 aromatic heterocycles. The van der Waals surface area contributed by atoms with E-state index in [0.29, 0.717) is 11.9 Å². The highest BCUT2D eigenvalue weighted by molar-refractivity contribution is 5.79. The molecule has 2 aliphatic rings. The van der Waals surface area contributed by atoms with Crippen molar-refractivity contribution < 1.29 is 4.79 Å². The lowest BCUT2D eigenvalue weighted by atomic mass is 9.93. The van der Waals surface area contributed by atoms with Crippen molar-refractivity contribution in [2.24, 2.45) is 5.92 Å². The molecule has 24 heavy (non-hydrogen) atoms. The molecule has 1 saturated carbocycles. The van der Waals surface area contributed by atoms with Crippen LogP contribution >= 0.6 is 0 Å². The van der Waals surface area contributed by atoms with E-state index >= 15 is 0 Å². The number of hydrogen-bond acceptors (Lipinski definition) is 3. The second-order valence-electron chi connectivity index (χ2n) is 7.50. The van der Waals surface area contributed by atoms with Gasteiger partial charge in [0.2, 0.25) is 5.91 Å². The van der Waals surface area contributed by atoms with Gasteiger partial charge in [0.15, 0.2) is 0 Å². The Morgan fingerprint density at radius 1 is 1.21 bits per heavy atom. The third kappa shape index (κ3) is 4.82. The van der Waals surface area contributed by atoms with Crippen molar-refractivity contribution in [3.63, 3.8) is 0 Å². The molecule has 1 aliphatic carbocycles. The van der Waals surface area contributed by atoms with Gasteiger partial charge in [-0.25, -0.2) is 4.98 Å². The summed E-state index contributed by atoms with van der Waals surface area (Å²) in [4.78, 5) is 19.3. The largest absolute Gasteiger partial charge is 0.353 e. The first-order chi connectivity index (χ1) is 11.7. The molecule has 0 spiro atoms. The van der Waals surface area contributed by atoms with E-state index in [1.165, 1.54) is 32.1 Å². The van der Waals surface area contributed by atoms with Gasteiger partial charge in [0.25, 0.3) is 0 Å². The SMILES string of the molecule is Cc1nccn1CCCN1CCC[C@@H](C(=O)NC2CCCCC2)C1. The van der Waals surface area contributed by atoms with E-state index in [1.807, 2.05) is 19.3 Å². The first kappa shape index (κ1) is 17.5. The van der Waals surface area contributed by atoms with Gasteiger partial charge in [-0.05, 0) is 52.1 Å². The molecule has 0 unspecified atom stereocenters. The Balaban J connectivity index is 1.40. The minimum atomic E-state index is 0.190. The van der Waals surface area contributed by atoms with Crippen molar-refractivity contribution in [3.05, 3.63) is 18.2 Å². The highest BCUT2D eigenvalue weighted by Crippen LogP contribution is 2.21. The minimum Gasteiger partial charge on any atom is -0.353 e. The fourth-order valence-electron chi connectivity index (χ4n) is 4.14. The summed E-state index contributed by atoms with van der Waals surface area (Å²) in [6.45, 7) is 6.20. The maximum atomic E-state index is 12.6. The first-order valence-electron chi connectivity index (χ1n) is 9.73. The van der Waals surface area contributed by atoms with E-state index in [-0.39, 0.29) is 5.92 Å². The normalized spacial score (nSPS) is 23.3. The summed E-state index contributed by atoms with van der Waals surface area (Å²) in [6.07, 6.45) is 13.5. The van der Waals surface area contributed by atoms with Crippen LogP contribution in [0.15, 0.2) is 12.4 Å². The molecular weight excluding hydrogens is 300 g/mol. The number of likely N-dealkylation sites (tertiary alicyclic amines) is 1. The van der Waals surface area contributed by atoms with Crippen molar-refractivity contribution >= 4 is 5.91 Å². The number of carbonyl (C=O) groups excluding carboxylic acids is 1. The molecule has 1 atom stereocenters. The summed E-state index contributed by atoms with van der Waals surface area (Å²) in [5, 5.41) is 3.32. The molecule has 0 aromatic carbocycles. The maximum Gasteiger partial charge on any atom is 0.224 e. The molecule has 1 aliphatic heterocycles. The van der Waals surface area contributed by atoms with Gasteiger partial charge < -0.3 is 14.8 Å². The Hall–Kier alpha value is -1.36. The molecule has 0 bridgehead atoms. The summed E-state index contributed by atoms with van der Waals surface area (Å²) < 4.78 is 2.21. The van der Waals surface area contributed by atoms with Gasteiger partial charge in [0, 0.05) is 31.5 Å². The van der Waals surface area contributed by atoms with Crippen LogP contribution in [0.3, 0.4) is 0 Å². The van der Waals surface area contributed by atoms with Crippen LogP contribution in [0.4, 0.5) is 0 Å². The van der Waals surface area contributed by atoms with Crippen LogP contribution in [-0.2, 0) is 11.3 Å². The average molecular weight is 332 g/mol. The lowest BCUT2D eigenvalue weighted by molar-refractivity contribution is -0.127. The number of carbonyl (C=O) groups is 1. The van der Waals surface area contributed by atoms with E-state index in [0.717, 1.165) is 51.3 Å². The molecule has 1 aromatic rings. The van der Waals surface area contributed by atoms with E-state index < -0.39 is 0 Å².